The van der Waals surface area contributed by atoms with Crippen LogP contribution in [-0.2, 0) is 14.3 Å². The molecule has 4 aliphatic rings. The Hall–Kier alpha value is -1.38. The van der Waals surface area contributed by atoms with Crippen LogP contribution in [0.15, 0.2) is 24.3 Å². The predicted molar refractivity (Wildman–Crippen MR) is 59.9 cm³/mol. The number of hydrogen-bond acceptors (Lipinski definition) is 3. The van der Waals surface area contributed by atoms with Crippen LogP contribution in [0.25, 0.3) is 0 Å². The van der Waals surface area contributed by atoms with E-state index in [1.54, 1.807) is 6.08 Å². The van der Waals surface area contributed by atoms with Crippen LogP contribution in [-0.4, -0.2) is 17.4 Å². The van der Waals surface area contributed by atoms with Gasteiger partial charge in [-0.25, -0.2) is 0 Å². The summed E-state index contributed by atoms with van der Waals surface area (Å²) in [5, 5.41) is 0. The molecule has 3 aliphatic carbocycles. The summed E-state index contributed by atoms with van der Waals surface area (Å²) in [6, 6.07) is 0. The van der Waals surface area contributed by atoms with Gasteiger partial charge in [-0.3, -0.25) is 9.59 Å². The quantitative estimate of drug-likeness (QED) is 0.469. The largest absolute Gasteiger partial charge is 0.454 e. The molecule has 0 radical (unpaired) electrons. The average Bonchev–Trinajstić information content (AvgIpc) is 2.99. The van der Waals surface area contributed by atoms with Crippen molar-refractivity contribution in [1.29, 1.82) is 0 Å². The third-order valence-corrected chi connectivity index (χ3v) is 4.91. The Morgan fingerprint density at radius 1 is 1.24 bits per heavy atom. The average molecular weight is 230 g/mol. The molecule has 0 aromatic rings. The minimum absolute atomic E-state index is 0.0564. The molecule has 2 bridgehead atoms. The van der Waals surface area contributed by atoms with Crippen molar-refractivity contribution in [2.75, 3.05) is 0 Å². The fraction of sp³-hybridized carbons (Fsp3) is 0.571. The van der Waals surface area contributed by atoms with Crippen molar-refractivity contribution in [3.63, 3.8) is 0 Å². The number of carbonyl (C=O) groups excluding carboxylic acids is 2. The maximum atomic E-state index is 12.0. The number of allylic oxidation sites excluding steroid dienone is 3. The van der Waals surface area contributed by atoms with Gasteiger partial charge < -0.3 is 4.74 Å². The molecule has 1 aliphatic heterocycles. The van der Waals surface area contributed by atoms with Gasteiger partial charge in [-0.05, 0) is 30.4 Å². The summed E-state index contributed by atoms with van der Waals surface area (Å²) in [7, 11) is 0. The molecular weight excluding hydrogens is 216 g/mol. The Morgan fingerprint density at radius 2 is 2.06 bits per heavy atom. The normalized spacial score (nSPS) is 50.1. The van der Waals surface area contributed by atoms with E-state index in [0.29, 0.717) is 18.3 Å². The number of fused-ring (bicyclic) bond motifs is 6. The van der Waals surface area contributed by atoms with E-state index >= 15 is 0 Å². The summed E-state index contributed by atoms with van der Waals surface area (Å²) in [4.78, 5) is 23.5. The van der Waals surface area contributed by atoms with Gasteiger partial charge in [0.1, 0.15) is 5.60 Å². The summed E-state index contributed by atoms with van der Waals surface area (Å²) in [5.41, 5.74) is -0.472. The highest BCUT2D eigenvalue weighted by Crippen LogP contribution is 2.57. The van der Waals surface area contributed by atoms with Gasteiger partial charge in [0.25, 0.3) is 0 Å². The molecule has 2 fully saturated rings. The van der Waals surface area contributed by atoms with E-state index < -0.39 is 5.60 Å². The van der Waals surface area contributed by atoms with Crippen molar-refractivity contribution >= 4 is 11.8 Å². The molecule has 1 spiro atoms. The number of ether oxygens (including phenoxy) is 1. The topological polar surface area (TPSA) is 43.4 Å². The molecule has 0 aromatic carbocycles. The first-order chi connectivity index (χ1) is 8.20. The Kier molecular flexibility index (Phi) is 1.64. The van der Waals surface area contributed by atoms with E-state index in [9.17, 15) is 9.59 Å². The predicted octanol–water partition coefficient (Wildman–Crippen LogP) is 1.64. The second-order valence-electron chi connectivity index (χ2n) is 5.66. The SMILES string of the molecule is O=C1CC[C@]2(C=CC(=O)[C@@H]3[C@H]2[C@@H]2C=C[C@H]3C2)O1. The summed E-state index contributed by atoms with van der Waals surface area (Å²) >= 11 is 0. The van der Waals surface area contributed by atoms with Crippen LogP contribution in [0.3, 0.4) is 0 Å². The lowest BCUT2D eigenvalue weighted by Crippen LogP contribution is -2.47. The first-order valence-electron chi connectivity index (χ1n) is 6.33. The summed E-state index contributed by atoms with van der Waals surface area (Å²) in [6.45, 7) is 0. The molecule has 3 nitrogen and oxygen atoms in total. The van der Waals surface area contributed by atoms with Gasteiger partial charge in [0, 0.05) is 24.7 Å². The molecule has 0 aromatic heterocycles. The standard InChI is InChI=1S/C14H14O3/c15-10-3-5-14(6-4-11(16)17-14)13-9-2-1-8(7-9)12(10)13/h1-3,5,8-9,12-13H,4,6-7H2/t8-,9+,12+,13+,14-/m0/s1. The molecular formula is C14H14O3. The van der Waals surface area contributed by atoms with Gasteiger partial charge in [0.2, 0.25) is 0 Å². The minimum Gasteiger partial charge on any atom is -0.454 e. The van der Waals surface area contributed by atoms with Crippen molar-refractivity contribution in [3.05, 3.63) is 24.3 Å². The summed E-state index contributed by atoms with van der Waals surface area (Å²) in [6.07, 6.45) is 10.2. The van der Waals surface area contributed by atoms with Crippen LogP contribution in [0, 0.1) is 23.7 Å². The molecule has 17 heavy (non-hydrogen) atoms. The molecule has 5 atom stereocenters. The number of hydrogen-bond donors (Lipinski definition) is 0. The lowest BCUT2D eigenvalue weighted by molar-refractivity contribution is -0.153. The second-order valence-corrected chi connectivity index (χ2v) is 5.66. The first kappa shape index (κ1) is 9.63. The third-order valence-electron chi connectivity index (χ3n) is 4.91. The number of ketones is 1. The van der Waals surface area contributed by atoms with Crippen LogP contribution in [0.2, 0.25) is 0 Å². The number of carbonyl (C=O) groups is 2. The highest BCUT2D eigenvalue weighted by Gasteiger charge is 2.60. The maximum absolute atomic E-state index is 12.0. The Bertz CT molecular complexity index is 476. The van der Waals surface area contributed by atoms with Crippen molar-refractivity contribution in [3.8, 4) is 0 Å². The molecule has 0 unspecified atom stereocenters. The van der Waals surface area contributed by atoms with Gasteiger partial charge in [0.15, 0.2) is 5.78 Å². The Morgan fingerprint density at radius 3 is 2.82 bits per heavy atom. The molecule has 1 saturated carbocycles. The zero-order valence-corrected chi connectivity index (χ0v) is 9.46. The van der Waals surface area contributed by atoms with Crippen molar-refractivity contribution in [1.82, 2.24) is 0 Å². The van der Waals surface area contributed by atoms with E-state index in [4.69, 9.17) is 4.74 Å². The molecule has 3 heteroatoms. The van der Waals surface area contributed by atoms with E-state index in [0.717, 1.165) is 12.8 Å². The monoisotopic (exact) mass is 230 g/mol. The third kappa shape index (κ3) is 1.07. The van der Waals surface area contributed by atoms with E-state index in [-0.39, 0.29) is 23.6 Å². The van der Waals surface area contributed by atoms with Crippen LogP contribution in [0.4, 0.5) is 0 Å². The zero-order chi connectivity index (χ0) is 11.6. The van der Waals surface area contributed by atoms with Crippen molar-refractivity contribution < 1.29 is 14.3 Å². The number of rotatable bonds is 0. The van der Waals surface area contributed by atoms with Gasteiger partial charge in [-0.15, -0.1) is 0 Å². The van der Waals surface area contributed by atoms with Gasteiger partial charge in [-0.1, -0.05) is 12.2 Å². The maximum Gasteiger partial charge on any atom is 0.306 e. The van der Waals surface area contributed by atoms with Crippen molar-refractivity contribution in [2.24, 2.45) is 23.7 Å². The lowest BCUT2D eigenvalue weighted by Gasteiger charge is -2.41. The molecule has 0 amide bonds. The summed E-state index contributed by atoms with van der Waals surface area (Å²) in [5.74, 6) is 1.15. The molecule has 88 valence electrons. The lowest BCUT2D eigenvalue weighted by atomic mass is 9.66. The fourth-order valence-corrected chi connectivity index (χ4v) is 4.29. The van der Waals surface area contributed by atoms with Gasteiger partial charge in [-0.2, -0.15) is 0 Å². The smallest absolute Gasteiger partial charge is 0.306 e. The minimum atomic E-state index is -0.472. The van der Waals surface area contributed by atoms with E-state index in [1.165, 1.54) is 0 Å². The molecule has 0 N–H and O–H groups in total. The molecule has 1 saturated heterocycles. The first-order valence-corrected chi connectivity index (χ1v) is 6.33. The van der Waals surface area contributed by atoms with Crippen LogP contribution in [0.1, 0.15) is 19.3 Å². The molecule has 1 heterocycles. The van der Waals surface area contributed by atoms with Crippen LogP contribution in [0.5, 0.6) is 0 Å². The number of esters is 1. The van der Waals surface area contributed by atoms with Crippen molar-refractivity contribution in [2.45, 2.75) is 24.9 Å². The Balaban J connectivity index is 1.82. The molecule has 4 rings (SSSR count). The second kappa shape index (κ2) is 2.89. The van der Waals surface area contributed by atoms with Crippen LogP contribution >= 0.6 is 0 Å². The Labute approximate surface area is 99.5 Å². The summed E-state index contributed by atoms with van der Waals surface area (Å²) < 4.78 is 5.59. The fourth-order valence-electron chi connectivity index (χ4n) is 4.29. The van der Waals surface area contributed by atoms with Gasteiger partial charge in [0.05, 0.1) is 0 Å². The highest BCUT2D eigenvalue weighted by atomic mass is 16.6. The van der Waals surface area contributed by atoms with E-state index in [1.807, 2.05) is 6.08 Å². The van der Waals surface area contributed by atoms with Gasteiger partial charge >= 0.3 is 5.97 Å². The zero-order valence-electron chi connectivity index (χ0n) is 9.46. The van der Waals surface area contributed by atoms with E-state index in [2.05, 4.69) is 12.2 Å². The van der Waals surface area contributed by atoms with Crippen LogP contribution < -0.4 is 0 Å². The highest BCUT2D eigenvalue weighted by molar-refractivity contribution is 5.94.